The summed E-state index contributed by atoms with van der Waals surface area (Å²) in [6.07, 6.45) is 0. The minimum atomic E-state index is 0.632. The number of anilines is 2. The number of halogens is 1. The van der Waals surface area contributed by atoms with Crippen LogP contribution in [0, 0.1) is 0 Å². The molecule has 5 heteroatoms. The molecule has 1 heterocycles. The fourth-order valence-corrected chi connectivity index (χ4v) is 2.68. The van der Waals surface area contributed by atoms with Crippen molar-refractivity contribution in [3.05, 3.63) is 17.2 Å². The van der Waals surface area contributed by atoms with Gasteiger partial charge >= 0.3 is 0 Å². The van der Waals surface area contributed by atoms with E-state index in [-0.39, 0.29) is 0 Å². The highest BCUT2D eigenvalue weighted by Gasteiger charge is 2.21. The Morgan fingerprint density at radius 2 is 1.94 bits per heavy atom. The van der Waals surface area contributed by atoms with Crippen molar-refractivity contribution in [3.63, 3.8) is 0 Å². The fourth-order valence-electron chi connectivity index (χ4n) is 2.34. The Kier molecular flexibility index (Phi) is 4.19. The number of likely N-dealkylation sites (N-methyl/N-ethyl adjacent to an activating group) is 1. The molecular formula is C13H20ClN3O. The van der Waals surface area contributed by atoms with E-state index in [0.717, 1.165) is 44.2 Å². The average Bonchev–Trinajstić information content (AvgIpc) is 2.38. The molecule has 0 atom stereocenters. The van der Waals surface area contributed by atoms with Crippen molar-refractivity contribution in [3.8, 4) is 5.75 Å². The van der Waals surface area contributed by atoms with E-state index in [2.05, 4.69) is 16.7 Å². The quantitative estimate of drug-likeness (QED) is 0.853. The van der Waals surface area contributed by atoms with Gasteiger partial charge in [0.25, 0.3) is 0 Å². The zero-order chi connectivity index (χ0) is 13.1. The maximum Gasteiger partial charge on any atom is 0.145 e. The molecule has 100 valence electrons. The molecule has 18 heavy (non-hydrogen) atoms. The third-order valence-electron chi connectivity index (χ3n) is 3.41. The van der Waals surface area contributed by atoms with Crippen LogP contribution < -0.4 is 15.4 Å². The number of methoxy groups -OCH3 is 1. The number of ether oxygens (including phenoxy) is 1. The minimum absolute atomic E-state index is 0.632. The van der Waals surface area contributed by atoms with Gasteiger partial charge in [-0.05, 0) is 12.6 Å². The van der Waals surface area contributed by atoms with Crippen molar-refractivity contribution >= 4 is 23.0 Å². The summed E-state index contributed by atoms with van der Waals surface area (Å²) in [4.78, 5) is 4.70. The predicted octanol–water partition coefficient (Wildman–Crippen LogP) is 2.07. The Hall–Kier alpha value is -1.13. The van der Waals surface area contributed by atoms with E-state index in [0.29, 0.717) is 10.7 Å². The number of rotatable bonds is 3. The van der Waals surface area contributed by atoms with Crippen LogP contribution in [0.25, 0.3) is 0 Å². The lowest BCUT2D eigenvalue weighted by Crippen LogP contribution is -2.46. The van der Waals surface area contributed by atoms with Gasteiger partial charge in [0.2, 0.25) is 0 Å². The number of nitrogens with zero attached hydrogens (tertiary/aromatic N) is 2. The van der Waals surface area contributed by atoms with Gasteiger partial charge in [-0.25, -0.2) is 0 Å². The van der Waals surface area contributed by atoms with Crippen molar-refractivity contribution < 1.29 is 4.74 Å². The lowest BCUT2D eigenvalue weighted by molar-refractivity contribution is 0.270. The molecule has 0 saturated carbocycles. The van der Waals surface area contributed by atoms with Gasteiger partial charge in [-0.3, -0.25) is 0 Å². The van der Waals surface area contributed by atoms with E-state index in [4.69, 9.17) is 22.1 Å². The highest BCUT2D eigenvalue weighted by Crippen LogP contribution is 2.38. The monoisotopic (exact) mass is 269 g/mol. The van der Waals surface area contributed by atoms with Crippen molar-refractivity contribution in [1.29, 1.82) is 0 Å². The van der Waals surface area contributed by atoms with Crippen LogP contribution in [0.3, 0.4) is 0 Å². The number of hydrogen-bond donors (Lipinski definition) is 1. The maximum atomic E-state index is 6.30. The van der Waals surface area contributed by atoms with Crippen LogP contribution in [-0.2, 0) is 0 Å². The van der Waals surface area contributed by atoms with E-state index < -0.39 is 0 Å². The first-order valence-electron chi connectivity index (χ1n) is 6.26. The van der Waals surface area contributed by atoms with Crippen LogP contribution in [-0.4, -0.2) is 44.7 Å². The van der Waals surface area contributed by atoms with E-state index in [1.165, 1.54) is 0 Å². The molecule has 0 unspecified atom stereocenters. The molecule has 1 aromatic rings. The zero-order valence-electron chi connectivity index (χ0n) is 10.9. The van der Waals surface area contributed by atoms with Gasteiger partial charge in [0.15, 0.2) is 0 Å². The second-order valence-corrected chi connectivity index (χ2v) is 4.88. The van der Waals surface area contributed by atoms with E-state index in [1.807, 2.05) is 6.07 Å². The third kappa shape index (κ3) is 2.65. The van der Waals surface area contributed by atoms with Crippen LogP contribution in [0.5, 0.6) is 5.75 Å². The Labute approximate surface area is 113 Å². The summed E-state index contributed by atoms with van der Waals surface area (Å²) in [7, 11) is 1.65. The van der Waals surface area contributed by atoms with Gasteiger partial charge in [-0.15, -0.1) is 0 Å². The third-order valence-corrected chi connectivity index (χ3v) is 3.69. The predicted molar refractivity (Wildman–Crippen MR) is 76.7 cm³/mol. The molecule has 1 saturated heterocycles. The van der Waals surface area contributed by atoms with Gasteiger partial charge in [-0.2, -0.15) is 0 Å². The minimum Gasteiger partial charge on any atom is -0.494 e. The van der Waals surface area contributed by atoms with E-state index >= 15 is 0 Å². The number of nitrogen functional groups attached to an aromatic ring is 1. The van der Waals surface area contributed by atoms with Crippen LogP contribution in [0.15, 0.2) is 12.1 Å². The molecule has 0 radical (unpaired) electrons. The molecule has 1 aromatic carbocycles. The Morgan fingerprint density at radius 1 is 1.28 bits per heavy atom. The van der Waals surface area contributed by atoms with Crippen molar-refractivity contribution in [2.24, 2.45) is 0 Å². The number of piperazine rings is 1. The molecule has 0 bridgehead atoms. The first-order valence-corrected chi connectivity index (χ1v) is 6.63. The summed E-state index contributed by atoms with van der Waals surface area (Å²) in [6.45, 7) is 7.33. The first-order chi connectivity index (χ1) is 8.65. The Morgan fingerprint density at radius 3 is 2.50 bits per heavy atom. The SMILES string of the molecule is CCN1CCN(c2c(Cl)cc(N)cc2OC)CC1. The molecule has 2 N–H and O–H groups in total. The number of hydrogen-bond acceptors (Lipinski definition) is 4. The number of benzene rings is 1. The van der Waals surface area contributed by atoms with Gasteiger partial charge in [-0.1, -0.05) is 18.5 Å². The van der Waals surface area contributed by atoms with Crippen molar-refractivity contribution in [2.75, 3.05) is 50.5 Å². The number of nitrogens with two attached hydrogens (primary N) is 1. The summed E-state index contributed by atoms with van der Waals surface area (Å²) in [5.41, 5.74) is 7.38. The Balaban J connectivity index is 2.23. The standard InChI is InChI=1S/C13H20ClN3O/c1-3-16-4-6-17(7-5-16)13-11(14)8-10(15)9-12(13)18-2/h8-9H,3-7,15H2,1-2H3. The average molecular weight is 270 g/mol. The fraction of sp³-hybridized carbons (Fsp3) is 0.538. The topological polar surface area (TPSA) is 41.7 Å². The molecule has 0 aliphatic carbocycles. The van der Waals surface area contributed by atoms with E-state index in [1.54, 1.807) is 13.2 Å². The summed E-state index contributed by atoms with van der Waals surface area (Å²) >= 11 is 6.30. The molecule has 4 nitrogen and oxygen atoms in total. The summed E-state index contributed by atoms with van der Waals surface area (Å²) < 4.78 is 5.39. The van der Waals surface area contributed by atoms with Gasteiger partial charge < -0.3 is 20.3 Å². The normalized spacial score (nSPS) is 16.9. The lowest BCUT2D eigenvalue weighted by Gasteiger charge is -2.36. The summed E-state index contributed by atoms with van der Waals surface area (Å²) in [5, 5.41) is 0.664. The van der Waals surface area contributed by atoms with Crippen LogP contribution in [0.4, 0.5) is 11.4 Å². The second-order valence-electron chi connectivity index (χ2n) is 4.47. The molecule has 0 spiro atoms. The largest absolute Gasteiger partial charge is 0.494 e. The molecule has 1 aliphatic rings. The molecule has 2 rings (SSSR count). The maximum absolute atomic E-state index is 6.30. The van der Waals surface area contributed by atoms with Crippen molar-refractivity contribution in [2.45, 2.75) is 6.92 Å². The van der Waals surface area contributed by atoms with Gasteiger partial charge in [0, 0.05) is 37.9 Å². The van der Waals surface area contributed by atoms with Gasteiger partial charge in [0.1, 0.15) is 5.75 Å². The van der Waals surface area contributed by atoms with Crippen molar-refractivity contribution in [1.82, 2.24) is 4.90 Å². The van der Waals surface area contributed by atoms with Crippen LogP contribution in [0.2, 0.25) is 5.02 Å². The Bertz CT molecular complexity index is 417. The van der Waals surface area contributed by atoms with Gasteiger partial charge in [0.05, 0.1) is 17.8 Å². The molecule has 1 aliphatic heterocycles. The van der Waals surface area contributed by atoms with E-state index in [9.17, 15) is 0 Å². The highest BCUT2D eigenvalue weighted by atomic mass is 35.5. The molecular weight excluding hydrogens is 250 g/mol. The molecule has 0 amide bonds. The molecule has 0 aromatic heterocycles. The first kappa shape index (κ1) is 13.3. The van der Waals surface area contributed by atoms with Crippen LogP contribution in [0.1, 0.15) is 6.92 Å². The zero-order valence-corrected chi connectivity index (χ0v) is 11.7. The summed E-state index contributed by atoms with van der Waals surface area (Å²) in [6, 6.07) is 3.61. The lowest BCUT2D eigenvalue weighted by atomic mass is 10.2. The van der Waals surface area contributed by atoms with Crippen LogP contribution >= 0.6 is 11.6 Å². The highest BCUT2D eigenvalue weighted by molar-refractivity contribution is 6.34. The second kappa shape index (κ2) is 5.67. The summed E-state index contributed by atoms with van der Waals surface area (Å²) in [5.74, 6) is 0.755. The smallest absolute Gasteiger partial charge is 0.145 e. The molecule has 1 fully saturated rings.